The average molecular weight is 307 g/mol. The van der Waals surface area contributed by atoms with Crippen molar-refractivity contribution in [3.05, 3.63) is 30.1 Å². The molecule has 5 nitrogen and oxygen atoms in total. The Bertz CT molecular complexity index is 544. The fourth-order valence-corrected chi connectivity index (χ4v) is 3.11. The van der Waals surface area contributed by atoms with Crippen LogP contribution in [0, 0.1) is 5.82 Å². The Morgan fingerprint density at radius 2 is 1.95 bits per heavy atom. The minimum absolute atomic E-state index is 0.0787. The molecule has 19 heavy (non-hydrogen) atoms. The van der Waals surface area contributed by atoms with Crippen molar-refractivity contribution in [3.63, 3.8) is 0 Å². The molecular weight excluding hydrogens is 293 g/mol. The van der Waals surface area contributed by atoms with Crippen molar-refractivity contribution in [1.29, 1.82) is 0 Å². The fourth-order valence-electron chi connectivity index (χ4n) is 1.52. The molecule has 8 heteroatoms. The first-order chi connectivity index (χ1) is 8.80. The fraction of sp³-hybridized carbons (Fsp3) is 0.364. The first-order valence-corrected chi connectivity index (χ1v) is 7.45. The van der Waals surface area contributed by atoms with Crippen LogP contribution in [0.3, 0.4) is 0 Å². The summed E-state index contributed by atoms with van der Waals surface area (Å²) in [6.07, 6.45) is 0.0787. The van der Waals surface area contributed by atoms with E-state index in [0.29, 0.717) is 0 Å². The van der Waals surface area contributed by atoms with Gasteiger partial charge in [0.25, 0.3) is 0 Å². The molecule has 0 amide bonds. The summed E-state index contributed by atoms with van der Waals surface area (Å²) in [5, 5.41) is 9.03. The summed E-state index contributed by atoms with van der Waals surface area (Å²) in [7, 11) is -2.79. The van der Waals surface area contributed by atoms with E-state index < -0.39 is 27.9 Å². The molecule has 0 saturated carbocycles. The lowest BCUT2D eigenvalue weighted by Crippen LogP contribution is -2.42. The van der Waals surface area contributed by atoms with E-state index in [0.717, 1.165) is 28.6 Å². The number of nitrogens with zero attached hydrogens (tertiary/aromatic N) is 1. The molecule has 1 atom stereocenters. The van der Waals surface area contributed by atoms with E-state index in [1.165, 1.54) is 7.05 Å². The minimum atomic E-state index is -3.97. The molecule has 1 aromatic rings. The molecule has 0 aliphatic carbocycles. The van der Waals surface area contributed by atoms with Crippen molar-refractivity contribution in [2.75, 3.05) is 12.8 Å². The van der Waals surface area contributed by atoms with Crippen molar-refractivity contribution < 1.29 is 22.7 Å². The number of carbonyl (C=O) groups is 1. The molecule has 0 radical (unpaired) electrons. The Balaban J connectivity index is 3.11. The van der Waals surface area contributed by atoms with Crippen molar-refractivity contribution in [1.82, 2.24) is 4.31 Å². The molecule has 0 saturated heterocycles. The number of halogens is 1. The van der Waals surface area contributed by atoms with E-state index in [1.54, 1.807) is 0 Å². The molecular formula is C11H14FNO4S2. The lowest BCUT2D eigenvalue weighted by Gasteiger charge is -2.23. The number of carboxylic acids is 1. The van der Waals surface area contributed by atoms with Crippen molar-refractivity contribution >= 4 is 28.6 Å². The number of aliphatic carboxylic acids is 1. The smallest absolute Gasteiger partial charge is 0.322 e. The first-order valence-electron chi connectivity index (χ1n) is 5.38. The zero-order chi connectivity index (χ0) is 14.6. The molecule has 1 rings (SSSR count). The Morgan fingerprint density at radius 1 is 1.42 bits per heavy atom. The van der Waals surface area contributed by atoms with Gasteiger partial charge in [0.1, 0.15) is 11.9 Å². The van der Waals surface area contributed by atoms with Crippen LogP contribution in [0.1, 0.15) is 6.42 Å². The highest BCUT2D eigenvalue weighted by Crippen LogP contribution is 2.18. The maximum absolute atomic E-state index is 12.8. The average Bonchev–Trinajstić information content (AvgIpc) is 2.35. The Kier molecular flexibility index (Phi) is 5.33. The van der Waals surface area contributed by atoms with E-state index in [9.17, 15) is 17.6 Å². The standard InChI is InChI=1S/C11H14FNO4S2/c1-13(10(6-7-18)11(14)15)19(16,17)9-4-2-8(12)3-5-9/h2-5,10,18H,6-7H2,1H3,(H,14,15). The summed E-state index contributed by atoms with van der Waals surface area (Å²) >= 11 is 3.91. The summed E-state index contributed by atoms with van der Waals surface area (Å²) in [5.74, 6) is -1.57. The van der Waals surface area contributed by atoms with Gasteiger partial charge in [0.05, 0.1) is 4.90 Å². The third-order valence-electron chi connectivity index (χ3n) is 2.62. The molecule has 0 bridgehead atoms. The summed E-state index contributed by atoms with van der Waals surface area (Å²) in [6, 6.07) is 3.01. The number of benzene rings is 1. The number of hydrogen-bond donors (Lipinski definition) is 2. The van der Waals surface area contributed by atoms with Crippen LogP contribution in [-0.2, 0) is 14.8 Å². The van der Waals surface area contributed by atoms with Gasteiger partial charge in [0, 0.05) is 7.05 Å². The number of sulfonamides is 1. The second kappa shape index (κ2) is 6.36. The van der Waals surface area contributed by atoms with Crippen LogP contribution in [0.4, 0.5) is 4.39 Å². The summed E-state index contributed by atoms with van der Waals surface area (Å²) in [6.45, 7) is 0. The highest BCUT2D eigenvalue weighted by Gasteiger charge is 2.32. The van der Waals surface area contributed by atoms with Gasteiger partial charge in [-0.15, -0.1) is 0 Å². The van der Waals surface area contributed by atoms with Crippen LogP contribution < -0.4 is 0 Å². The van der Waals surface area contributed by atoms with E-state index in [4.69, 9.17) is 5.11 Å². The van der Waals surface area contributed by atoms with E-state index in [-0.39, 0.29) is 17.1 Å². The molecule has 1 unspecified atom stereocenters. The second-order valence-corrected chi connectivity index (χ2v) is 6.29. The third kappa shape index (κ3) is 3.68. The SMILES string of the molecule is CN(C(CCS)C(=O)O)S(=O)(=O)c1ccc(F)cc1. The van der Waals surface area contributed by atoms with Crippen LogP contribution in [0.15, 0.2) is 29.2 Å². The molecule has 0 spiro atoms. The maximum atomic E-state index is 12.8. The number of rotatable bonds is 6. The minimum Gasteiger partial charge on any atom is -0.480 e. The molecule has 106 valence electrons. The van der Waals surface area contributed by atoms with E-state index in [1.807, 2.05) is 0 Å². The largest absolute Gasteiger partial charge is 0.480 e. The number of carboxylic acid groups (broad SMARTS) is 1. The monoisotopic (exact) mass is 307 g/mol. The van der Waals surface area contributed by atoms with Crippen molar-refractivity contribution in [2.45, 2.75) is 17.4 Å². The van der Waals surface area contributed by atoms with Crippen LogP contribution in [0.2, 0.25) is 0 Å². The van der Waals surface area contributed by atoms with Crippen LogP contribution in [0.5, 0.6) is 0 Å². The van der Waals surface area contributed by atoms with Gasteiger partial charge in [-0.25, -0.2) is 12.8 Å². The highest BCUT2D eigenvalue weighted by molar-refractivity contribution is 7.89. The molecule has 0 aliphatic rings. The summed E-state index contributed by atoms with van der Waals surface area (Å²) in [5.41, 5.74) is 0. The molecule has 1 N–H and O–H groups in total. The second-order valence-electron chi connectivity index (χ2n) is 3.84. The van der Waals surface area contributed by atoms with Gasteiger partial charge < -0.3 is 5.11 Å². The zero-order valence-electron chi connectivity index (χ0n) is 10.2. The predicted molar refractivity (Wildman–Crippen MR) is 71.2 cm³/mol. The number of likely N-dealkylation sites (N-methyl/N-ethyl adjacent to an activating group) is 1. The third-order valence-corrected chi connectivity index (χ3v) is 4.76. The topological polar surface area (TPSA) is 74.7 Å². The highest BCUT2D eigenvalue weighted by atomic mass is 32.2. The van der Waals surface area contributed by atoms with Gasteiger partial charge in [-0.2, -0.15) is 16.9 Å². The Labute approximate surface area is 116 Å². The van der Waals surface area contributed by atoms with E-state index >= 15 is 0 Å². The van der Waals surface area contributed by atoms with Gasteiger partial charge in [-0.3, -0.25) is 4.79 Å². The van der Waals surface area contributed by atoms with Crippen molar-refractivity contribution in [3.8, 4) is 0 Å². The predicted octanol–water partition coefficient (Wildman–Crippen LogP) is 1.22. The lowest BCUT2D eigenvalue weighted by molar-refractivity contribution is -0.141. The van der Waals surface area contributed by atoms with Gasteiger partial charge >= 0.3 is 5.97 Å². The maximum Gasteiger partial charge on any atom is 0.322 e. The molecule has 0 fully saturated rings. The quantitative estimate of drug-likeness (QED) is 0.775. The Morgan fingerprint density at radius 3 is 2.37 bits per heavy atom. The molecule has 0 heterocycles. The first kappa shape index (κ1) is 15.9. The van der Waals surface area contributed by atoms with E-state index in [2.05, 4.69) is 12.6 Å². The van der Waals surface area contributed by atoms with Gasteiger partial charge in [0.15, 0.2) is 0 Å². The van der Waals surface area contributed by atoms with Crippen LogP contribution in [-0.4, -0.2) is 42.6 Å². The number of hydrogen-bond acceptors (Lipinski definition) is 4. The Hall–Kier alpha value is -1.12. The number of thiol groups is 1. The summed E-state index contributed by atoms with van der Waals surface area (Å²) < 4.78 is 37.9. The van der Waals surface area contributed by atoms with Gasteiger partial charge in [-0.1, -0.05) is 0 Å². The zero-order valence-corrected chi connectivity index (χ0v) is 11.9. The van der Waals surface area contributed by atoms with Gasteiger partial charge in [0.2, 0.25) is 10.0 Å². The van der Waals surface area contributed by atoms with Crippen LogP contribution in [0.25, 0.3) is 0 Å². The van der Waals surface area contributed by atoms with Crippen molar-refractivity contribution in [2.24, 2.45) is 0 Å². The molecule has 1 aromatic carbocycles. The van der Waals surface area contributed by atoms with Gasteiger partial charge in [-0.05, 0) is 36.4 Å². The molecule has 0 aliphatic heterocycles. The molecule has 0 aromatic heterocycles. The lowest BCUT2D eigenvalue weighted by atomic mass is 10.2. The van der Waals surface area contributed by atoms with Crippen LogP contribution >= 0.6 is 12.6 Å². The summed E-state index contributed by atoms with van der Waals surface area (Å²) in [4.78, 5) is 10.9. The normalized spacial score (nSPS) is 13.5.